The number of nitrogens with one attached hydrogen (secondary N) is 2. The van der Waals surface area contributed by atoms with Gasteiger partial charge < -0.3 is 24.8 Å². The van der Waals surface area contributed by atoms with Gasteiger partial charge in [0.25, 0.3) is 5.91 Å². The number of methoxy groups -OCH3 is 3. The summed E-state index contributed by atoms with van der Waals surface area (Å²) in [6, 6.07) is 3.32. The van der Waals surface area contributed by atoms with E-state index in [0.717, 1.165) is 25.9 Å². The zero-order valence-electron chi connectivity index (χ0n) is 14.7. The standard InChI is InChI=1S/C17H26N2O4.ClH/c1-17(5-7-18-8-6-17)11-19-16(20)12-9-14(22-3)15(23-4)10-13(12)21-2;/h9-10,18H,5-8,11H2,1-4H3,(H,19,20);1H. The first-order valence-electron chi connectivity index (χ1n) is 7.82. The smallest absolute Gasteiger partial charge is 0.255 e. The molecule has 136 valence electrons. The van der Waals surface area contributed by atoms with Gasteiger partial charge in [-0.2, -0.15) is 0 Å². The summed E-state index contributed by atoms with van der Waals surface area (Å²) >= 11 is 0. The summed E-state index contributed by atoms with van der Waals surface area (Å²) in [5.74, 6) is 1.34. The highest BCUT2D eigenvalue weighted by Gasteiger charge is 2.28. The minimum atomic E-state index is -0.164. The molecular formula is C17H27ClN2O4. The molecular weight excluding hydrogens is 332 g/mol. The molecule has 0 bridgehead atoms. The number of benzene rings is 1. The van der Waals surface area contributed by atoms with Crippen LogP contribution in [0, 0.1) is 5.41 Å². The van der Waals surface area contributed by atoms with Gasteiger partial charge in [0, 0.05) is 18.7 Å². The van der Waals surface area contributed by atoms with E-state index < -0.39 is 0 Å². The number of carbonyl (C=O) groups excluding carboxylic acids is 1. The number of ether oxygens (including phenoxy) is 3. The molecule has 0 atom stereocenters. The lowest BCUT2D eigenvalue weighted by Gasteiger charge is -2.34. The Morgan fingerprint density at radius 1 is 1.08 bits per heavy atom. The molecule has 7 heteroatoms. The molecule has 6 nitrogen and oxygen atoms in total. The van der Waals surface area contributed by atoms with Crippen molar-refractivity contribution in [3.05, 3.63) is 17.7 Å². The SMILES string of the molecule is COc1cc(OC)c(C(=O)NCC2(C)CCNCC2)cc1OC.Cl. The number of rotatable bonds is 6. The van der Waals surface area contributed by atoms with Gasteiger partial charge in [-0.05, 0) is 31.3 Å². The van der Waals surface area contributed by atoms with E-state index in [0.29, 0.717) is 29.4 Å². The lowest BCUT2D eigenvalue weighted by molar-refractivity contribution is 0.0918. The molecule has 1 aliphatic rings. The van der Waals surface area contributed by atoms with Gasteiger partial charge in [0.05, 0.1) is 26.9 Å². The Hall–Kier alpha value is -1.66. The van der Waals surface area contributed by atoms with Gasteiger partial charge >= 0.3 is 0 Å². The Kier molecular flexibility index (Phi) is 7.63. The molecule has 2 rings (SSSR count). The molecule has 0 spiro atoms. The fraction of sp³-hybridized carbons (Fsp3) is 0.588. The highest BCUT2D eigenvalue weighted by Crippen LogP contribution is 2.35. The van der Waals surface area contributed by atoms with Crippen LogP contribution in [-0.4, -0.2) is 46.9 Å². The van der Waals surface area contributed by atoms with Crippen molar-refractivity contribution in [1.29, 1.82) is 0 Å². The zero-order valence-corrected chi connectivity index (χ0v) is 15.5. The number of hydrogen-bond acceptors (Lipinski definition) is 5. The first kappa shape index (κ1) is 20.4. The summed E-state index contributed by atoms with van der Waals surface area (Å²) in [5, 5.41) is 6.37. The average Bonchev–Trinajstić information content (AvgIpc) is 2.59. The van der Waals surface area contributed by atoms with Gasteiger partial charge in [-0.3, -0.25) is 4.79 Å². The summed E-state index contributed by atoms with van der Waals surface area (Å²) in [4.78, 5) is 12.6. The molecule has 0 unspecified atom stereocenters. The Labute approximate surface area is 149 Å². The number of carbonyl (C=O) groups is 1. The minimum Gasteiger partial charge on any atom is -0.496 e. The highest BCUT2D eigenvalue weighted by molar-refractivity contribution is 5.97. The molecule has 0 saturated carbocycles. The van der Waals surface area contributed by atoms with Crippen molar-refractivity contribution in [2.75, 3.05) is 41.0 Å². The van der Waals surface area contributed by atoms with Crippen molar-refractivity contribution in [2.24, 2.45) is 5.41 Å². The molecule has 1 fully saturated rings. The van der Waals surface area contributed by atoms with Crippen LogP contribution in [0.4, 0.5) is 0 Å². The Balaban J connectivity index is 0.00000288. The fourth-order valence-corrected chi connectivity index (χ4v) is 2.80. The summed E-state index contributed by atoms with van der Waals surface area (Å²) < 4.78 is 15.8. The molecule has 0 aliphatic carbocycles. The number of hydrogen-bond donors (Lipinski definition) is 2. The van der Waals surface area contributed by atoms with Crippen LogP contribution >= 0.6 is 12.4 Å². The van der Waals surface area contributed by atoms with Crippen molar-refractivity contribution in [3.63, 3.8) is 0 Å². The Morgan fingerprint density at radius 2 is 1.62 bits per heavy atom. The Bertz CT molecular complexity index is 560. The maximum Gasteiger partial charge on any atom is 0.255 e. The molecule has 0 radical (unpaired) electrons. The van der Waals surface area contributed by atoms with E-state index in [4.69, 9.17) is 14.2 Å². The van der Waals surface area contributed by atoms with Crippen LogP contribution < -0.4 is 24.8 Å². The first-order chi connectivity index (χ1) is 11.0. The van der Waals surface area contributed by atoms with Crippen LogP contribution in [0.2, 0.25) is 0 Å². The second kappa shape index (κ2) is 8.99. The normalized spacial score (nSPS) is 15.8. The van der Waals surface area contributed by atoms with E-state index in [1.54, 1.807) is 26.4 Å². The molecule has 24 heavy (non-hydrogen) atoms. The third-order valence-electron chi connectivity index (χ3n) is 4.44. The molecule has 1 heterocycles. The number of amides is 1. The van der Waals surface area contributed by atoms with Gasteiger partial charge in [-0.1, -0.05) is 6.92 Å². The lowest BCUT2D eigenvalue weighted by Crippen LogP contribution is -2.42. The lowest BCUT2D eigenvalue weighted by atomic mass is 9.81. The first-order valence-corrected chi connectivity index (χ1v) is 7.82. The topological polar surface area (TPSA) is 68.8 Å². The van der Waals surface area contributed by atoms with E-state index in [9.17, 15) is 4.79 Å². The quantitative estimate of drug-likeness (QED) is 0.816. The molecule has 0 aromatic heterocycles. The van der Waals surface area contributed by atoms with Gasteiger partial charge in [0.2, 0.25) is 0 Å². The van der Waals surface area contributed by atoms with Crippen molar-refractivity contribution in [1.82, 2.24) is 10.6 Å². The Morgan fingerprint density at radius 3 is 2.17 bits per heavy atom. The van der Waals surface area contributed by atoms with Crippen molar-refractivity contribution >= 4 is 18.3 Å². The molecule has 1 amide bonds. The van der Waals surface area contributed by atoms with E-state index in [2.05, 4.69) is 17.6 Å². The molecule has 1 aliphatic heterocycles. The van der Waals surface area contributed by atoms with Gasteiger partial charge in [-0.25, -0.2) is 0 Å². The summed E-state index contributed by atoms with van der Waals surface area (Å²) in [6.07, 6.45) is 2.10. The van der Waals surface area contributed by atoms with Crippen LogP contribution in [0.1, 0.15) is 30.1 Å². The molecule has 1 saturated heterocycles. The second-order valence-electron chi connectivity index (χ2n) is 6.15. The van der Waals surface area contributed by atoms with Crippen molar-refractivity contribution in [3.8, 4) is 17.2 Å². The van der Waals surface area contributed by atoms with E-state index >= 15 is 0 Å². The second-order valence-corrected chi connectivity index (χ2v) is 6.15. The van der Waals surface area contributed by atoms with Crippen LogP contribution in [0.15, 0.2) is 12.1 Å². The maximum atomic E-state index is 12.6. The third-order valence-corrected chi connectivity index (χ3v) is 4.44. The largest absolute Gasteiger partial charge is 0.496 e. The van der Waals surface area contributed by atoms with Crippen molar-refractivity contribution < 1.29 is 19.0 Å². The van der Waals surface area contributed by atoms with Gasteiger partial charge in [-0.15, -0.1) is 12.4 Å². The number of halogens is 1. The summed E-state index contributed by atoms with van der Waals surface area (Å²) in [6.45, 7) is 4.84. The van der Waals surface area contributed by atoms with Crippen LogP contribution in [0.25, 0.3) is 0 Å². The highest BCUT2D eigenvalue weighted by atomic mass is 35.5. The molecule has 1 aromatic rings. The summed E-state index contributed by atoms with van der Waals surface area (Å²) in [7, 11) is 4.63. The van der Waals surface area contributed by atoms with Crippen LogP contribution in [0.3, 0.4) is 0 Å². The fourth-order valence-electron chi connectivity index (χ4n) is 2.80. The average molecular weight is 359 g/mol. The predicted octanol–water partition coefficient (Wildman–Crippen LogP) is 2.25. The molecule has 1 aromatic carbocycles. The van der Waals surface area contributed by atoms with Gasteiger partial charge in [0.1, 0.15) is 5.75 Å². The zero-order chi connectivity index (χ0) is 16.9. The third kappa shape index (κ3) is 4.68. The summed E-state index contributed by atoms with van der Waals surface area (Å²) in [5.41, 5.74) is 0.577. The van der Waals surface area contributed by atoms with Crippen molar-refractivity contribution in [2.45, 2.75) is 19.8 Å². The van der Waals surface area contributed by atoms with E-state index in [1.807, 2.05) is 0 Å². The van der Waals surface area contributed by atoms with Gasteiger partial charge in [0.15, 0.2) is 11.5 Å². The molecule has 2 N–H and O–H groups in total. The van der Waals surface area contributed by atoms with E-state index in [1.165, 1.54) is 7.11 Å². The monoisotopic (exact) mass is 358 g/mol. The van der Waals surface area contributed by atoms with Crippen LogP contribution in [0.5, 0.6) is 17.2 Å². The predicted molar refractivity (Wildman–Crippen MR) is 95.9 cm³/mol. The minimum absolute atomic E-state index is 0. The number of piperidine rings is 1. The maximum absolute atomic E-state index is 12.6. The van der Waals surface area contributed by atoms with Crippen LogP contribution in [-0.2, 0) is 0 Å². The van der Waals surface area contributed by atoms with E-state index in [-0.39, 0.29) is 23.7 Å².